The van der Waals surface area contributed by atoms with Crippen LogP contribution < -0.4 is 31.1 Å². The molecule has 3 nitrogen and oxygen atoms in total. The van der Waals surface area contributed by atoms with Crippen molar-refractivity contribution in [1.82, 2.24) is 0 Å². The maximum Gasteiger partial charge on any atom is 0.252 e. The second-order valence-electron chi connectivity index (χ2n) is 27.8. The molecule has 0 amide bonds. The summed E-state index contributed by atoms with van der Waals surface area (Å²) in [5, 5.41) is 7.98. The second kappa shape index (κ2) is 18.8. The Labute approximate surface area is 501 Å². The monoisotopic (exact) mass is 1100 g/mol. The zero-order chi connectivity index (χ0) is 57.0. The van der Waals surface area contributed by atoms with Crippen LogP contribution in [0.15, 0.2) is 231 Å². The van der Waals surface area contributed by atoms with Crippen LogP contribution in [-0.2, 0) is 10.8 Å². The minimum atomic E-state index is -0.0887. The average molecular weight is 1100 g/mol. The van der Waals surface area contributed by atoms with Crippen molar-refractivity contribution < 1.29 is 0 Å². The molecule has 0 aromatic heterocycles. The summed E-state index contributed by atoms with van der Waals surface area (Å²) >= 11 is 0. The molecule has 4 fully saturated rings. The highest BCUT2D eigenvalue weighted by molar-refractivity contribution is 7.00. The Morgan fingerprint density at radius 2 is 0.765 bits per heavy atom. The highest BCUT2D eigenvalue weighted by Crippen LogP contribution is 2.54. The Morgan fingerprint density at radius 3 is 1.27 bits per heavy atom. The van der Waals surface area contributed by atoms with Crippen molar-refractivity contribution in [1.29, 1.82) is 0 Å². The third-order valence-corrected chi connectivity index (χ3v) is 20.5. The van der Waals surface area contributed by atoms with E-state index in [1.807, 2.05) is 0 Å². The maximum atomic E-state index is 2.92. The van der Waals surface area contributed by atoms with Crippen LogP contribution >= 0.6 is 0 Å². The summed E-state index contributed by atoms with van der Waals surface area (Å²) in [5.74, 6) is 1.69. The summed E-state index contributed by atoms with van der Waals surface area (Å²) in [4.78, 5) is 8.22. The van der Waals surface area contributed by atoms with Gasteiger partial charge in [0.05, 0.1) is 0 Å². The van der Waals surface area contributed by atoms with Crippen molar-refractivity contribution in [3.8, 4) is 44.5 Å². The van der Waals surface area contributed by atoms with Crippen molar-refractivity contribution in [2.45, 2.75) is 96.6 Å². The van der Waals surface area contributed by atoms with Gasteiger partial charge in [0.1, 0.15) is 0 Å². The van der Waals surface area contributed by atoms with Gasteiger partial charge in [0.15, 0.2) is 0 Å². The number of rotatable bonds is 7. The van der Waals surface area contributed by atoms with Gasteiger partial charge in [-0.15, -0.1) is 0 Å². The number of anilines is 7. The van der Waals surface area contributed by atoms with Gasteiger partial charge in [0.2, 0.25) is 0 Å². The summed E-state index contributed by atoms with van der Waals surface area (Å²) in [6.45, 7) is 14.0. The van der Waals surface area contributed by atoms with E-state index in [1.54, 1.807) is 0 Å². The molecule has 6 aliphatic rings. The maximum absolute atomic E-state index is 2.92. The van der Waals surface area contributed by atoms with Gasteiger partial charge >= 0.3 is 0 Å². The topological polar surface area (TPSA) is 9.72 Å². The lowest BCUT2D eigenvalue weighted by molar-refractivity contribution is 0.0900. The molecule has 2 saturated heterocycles. The fraction of sp³-hybridized carbons (Fsp3) is 0.210. The molecule has 0 N–H and O–H groups in total. The van der Waals surface area contributed by atoms with E-state index >= 15 is 0 Å². The van der Waals surface area contributed by atoms with Gasteiger partial charge in [-0.2, -0.15) is 0 Å². The molecule has 0 unspecified atom stereocenters. The number of benzene rings is 12. The fourth-order valence-corrected chi connectivity index (χ4v) is 16.5. The predicted octanol–water partition coefficient (Wildman–Crippen LogP) is 19.7. The van der Waals surface area contributed by atoms with Gasteiger partial charge in [0, 0.05) is 51.9 Å². The third-order valence-electron chi connectivity index (χ3n) is 20.5. The van der Waals surface area contributed by atoms with Crippen LogP contribution in [0.1, 0.15) is 84.8 Å². The van der Waals surface area contributed by atoms with Gasteiger partial charge < -0.3 is 14.7 Å². The van der Waals surface area contributed by atoms with Crippen molar-refractivity contribution in [3.05, 3.63) is 242 Å². The number of nitrogens with zero attached hydrogens (tertiary/aromatic N) is 3. The number of hydrogen-bond acceptors (Lipinski definition) is 3. The normalized spacial score (nSPS) is 18.6. The van der Waals surface area contributed by atoms with Crippen LogP contribution in [0.4, 0.5) is 39.8 Å². The molecule has 0 radical (unpaired) electrons. The Hall–Kier alpha value is -8.86. The molecule has 85 heavy (non-hydrogen) atoms. The first-order chi connectivity index (χ1) is 41.3. The molecule has 12 aromatic carbocycles. The van der Waals surface area contributed by atoms with Crippen LogP contribution in [0.5, 0.6) is 0 Å². The second-order valence-corrected chi connectivity index (χ2v) is 27.8. The first-order valence-electron chi connectivity index (χ1n) is 31.3. The smallest absolute Gasteiger partial charge is 0.252 e. The average Bonchev–Trinajstić information content (AvgIpc) is 2.30. The minimum absolute atomic E-state index is 0.0124. The van der Waals surface area contributed by atoms with Crippen LogP contribution in [0.25, 0.3) is 76.8 Å². The molecular formula is C81H70BN3. The van der Waals surface area contributed by atoms with Crippen LogP contribution in [0, 0.1) is 11.8 Å². The van der Waals surface area contributed by atoms with Crippen LogP contribution in [0.2, 0.25) is 0 Å². The molecule has 0 atom stereocenters. The first-order valence-corrected chi connectivity index (χ1v) is 31.3. The number of hydrogen-bond donors (Lipinski definition) is 0. The molecule has 0 spiro atoms. The van der Waals surface area contributed by atoms with E-state index in [4.69, 9.17) is 0 Å². The van der Waals surface area contributed by atoms with Crippen molar-refractivity contribution in [3.63, 3.8) is 0 Å². The third kappa shape index (κ3) is 8.15. The summed E-state index contributed by atoms with van der Waals surface area (Å²) in [6, 6.07) is 90.2. The molecule has 4 bridgehead atoms. The Bertz CT molecular complexity index is 4570. The first kappa shape index (κ1) is 50.6. The molecule has 4 heterocycles. The van der Waals surface area contributed by atoms with E-state index < -0.39 is 0 Å². The summed E-state index contributed by atoms with van der Waals surface area (Å²) in [7, 11) is 0. The standard InChI is InChI=1S/C81H70BN3/c1-80(2,3)62-41-59-22-23-60-42-63(81(4,5)6)47-70-69(44-61(43-62)77(59)78(60)70)58-29-35-74-72(46-58)82-71-45-57(54-20-14-9-15-21-54)28-34-73(71)84(64-30-24-55(25-31-64)52-16-10-7-11-17-52)75-48-68(83-66-37-50-36-51(39-66)40-67(83)38-50)49-76(79(75)82)85(74)65-32-26-56(27-33-65)53-18-12-8-13-19-53/h7-35,41-51,66-67H,36-40H2,1-6H3. The molecular weight excluding hydrogens is 1030 g/mol. The van der Waals surface area contributed by atoms with Crippen LogP contribution in [0.3, 0.4) is 0 Å². The minimum Gasteiger partial charge on any atom is -0.365 e. The molecule has 412 valence electrons. The molecule has 2 aliphatic carbocycles. The molecule has 4 heteroatoms. The van der Waals surface area contributed by atoms with Gasteiger partial charge in [-0.3, -0.25) is 0 Å². The Morgan fingerprint density at radius 1 is 0.341 bits per heavy atom. The largest absolute Gasteiger partial charge is 0.365 e. The number of piperidine rings is 2. The van der Waals surface area contributed by atoms with E-state index in [0.717, 1.165) is 11.8 Å². The zero-order valence-electron chi connectivity index (χ0n) is 49.7. The Balaban J connectivity index is 0.960. The van der Waals surface area contributed by atoms with E-state index in [1.165, 1.54) is 176 Å². The van der Waals surface area contributed by atoms with E-state index in [2.05, 4.69) is 287 Å². The summed E-state index contributed by atoms with van der Waals surface area (Å²) < 4.78 is 0. The molecule has 4 aliphatic heterocycles. The molecule has 2 saturated carbocycles. The summed E-state index contributed by atoms with van der Waals surface area (Å²) in [5.41, 5.74) is 25.2. The van der Waals surface area contributed by atoms with Gasteiger partial charge in [-0.05, 0) is 220 Å². The highest BCUT2D eigenvalue weighted by atomic mass is 15.2. The molecule has 12 aromatic rings. The summed E-state index contributed by atoms with van der Waals surface area (Å²) in [6.07, 6.45) is 6.61. The van der Waals surface area contributed by atoms with E-state index in [-0.39, 0.29) is 17.5 Å². The van der Waals surface area contributed by atoms with Crippen molar-refractivity contribution in [2.24, 2.45) is 11.8 Å². The Kier molecular flexibility index (Phi) is 11.2. The molecule has 18 rings (SSSR count). The lowest BCUT2D eigenvalue weighted by Gasteiger charge is -2.58. The lowest BCUT2D eigenvalue weighted by Crippen LogP contribution is -2.62. The van der Waals surface area contributed by atoms with E-state index in [9.17, 15) is 0 Å². The zero-order valence-corrected chi connectivity index (χ0v) is 49.7. The van der Waals surface area contributed by atoms with Gasteiger partial charge in [0.25, 0.3) is 6.71 Å². The van der Waals surface area contributed by atoms with Crippen LogP contribution in [-0.4, -0.2) is 18.8 Å². The lowest BCUT2D eigenvalue weighted by atomic mass is 9.33. The predicted molar refractivity (Wildman–Crippen MR) is 363 cm³/mol. The van der Waals surface area contributed by atoms with Gasteiger partial charge in [-0.1, -0.05) is 211 Å². The number of fused-ring (bicyclic) bond motifs is 4. The SMILES string of the molecule is CC(C)(C)c1cc2ccc3cc(C(C)(C)C)cc4c(-c5ccc6c(c5)B5c7cc(-c8ccccc8)ccc7N(c7ccc(-c8ccccc8)cc7)c7cc(N8C9CC%10CC(C9)CC8C%10)cc(c75)N6c5ccc(-c6ccccc6)cc5)cc(c1)c2c34. The highest BCUT2D eigenvalue weighted by Gasteiger charge is 2.49. The fourth-order valence-electron chi connectivity index (χ4n) is 16.5. The quantitative estimate of drug-likeness (QED) is 0.116. The van der Waals surface area contributed by atoms with E-state index in [0.29, 0.717) is 12.1 Å². The van der Waals surface area contributed by atoms with Gasteiger partial charge in [-0.25, -0.2) is 0 Å². The van der Waals surface area contributed by atoms with Crippen molar-refractivity contribution >= 4 is 95.2 Å². The van der Waals surface area contributed by atoms with Crippen molar-refractivity contribution in [2.75, 3.05) is 14.7 Å².